The summed E-state index contributed by atoms with van der Waals surface area (Å²) in [6.45, 7) is 2.73. The van der Waals surface area contributed by atoms with Crippen molar-refractivity contribution in [2.24, 2.45) is 11.8 Å². The van der Waals surface area contributed by atoms with Crippen molar-refractivity contribution in [2.75, 3.05) is 51.9 Å². The number of fused-ring (bicyclic) bond motifs is 2. The number of alkyl carbamates (subject to hydrolysis) is 1. The van der Waals surface area contributed by atoms with Crippen LogP contribution in [0.25, 0.3) is 22.2 Å². The van der Waals surface area contributed by atoms with Crippen LogP contribution in [0, 0.1) is 11.8 Å². The smallest absolute Gasteiger partial charge is 0.406 e. The van der Waals surface area contributed by atoms with Crippen LogP contribution in [0.15, 0.2) is 48.5 Å². The van der Waals surface area contributed by atoms with Crippen molar-refractivity contribution in [1.82, 2.24) is 15.6 Å². The van der Waals surface area contributed by atoms with E-state index in [0.717, 1.165) is 53.1 Å². The maximum absolute atomic E-state index is 12.5. The van der Waals surface area contributed by atoms with Gasteiger partial charge in [-0.25, -0.2) is 9.78 Å². The van der Waals surface area contributed by atoms with Crippen molar-refractivity contribution < 1.29 is 23.8 Å². The fraction of sp³-hybridized carbons (Fsp3) is 0.370. The van der Waals surface area contributed by atoms with Crippen LogP contribution < -0.4 is 25.0 Å². The van der Waals surface area contributed by atoms with Gasteiger partial charge in [-0.2, -0.15) is 0 Å². The number of carbonyl (C=O) groups excluding carboxylic acids is 2. The van der Waals surface area contributed by atoms with Crippen molar-refractivity contribution >= 4 is 28.6 Å². The molecule has 2 amide bonds. The van der Waals surface area contributed by atoms with E-state index in [0.29, 0.717) is 18.2 Å². The zero-order valence-corrected chi connectivity index (χ0v) is 20.5. The summed E-state index contributed by atoms with van der Waals surface area (Å²) in [5.41, 5.74) is 3.70. The molecule has 0 spiro atoms. The Labute approximate surface area is 209 Å². The Hall–Kier alpha value is -4.01. The Morgan fingerprint density at radius 3 is 2.67 bits per heavy atom. The Morgan fingerprint density at radius 2 is 1.92 bits per heavy atom. The van der Waals surface area contributed by atoms with Crippen molar-refractivity contribution in [1.29, 1.82) is 0 Å². The molecular weight excluding hydrogens is 460 g/mol. The molecule has 0 saturated carbocycles. The molecule has 3 heterocycles. The third-order valence-corrected chi connectivity index (χ3v) is 6.87. The Balaban J connectivity index is 1.41. The molecule has 36 heavy (non-hydrogen) atoms. The van der Waals surface area contributed by atoms with Gasteiger partial charge in [-0.05, 0) is 54.8 Å². The molecule has 2 aromatic carbocycles. The highest BCUT2D eigenvalue weighted by atomic mass is 16.6. The number of hydrogen-bond donors (Lipinski definition) is 2. The van der Waals surface area contributed by atoms with Crippen LogP contribution in [0.5, 0.6) is 11.5 Å². The summed E-state index contributed by atoms with van der Waals surface area (Å²) in [6.07, 6.45) is 0.522. The van der Waals surface area contributed by atoms with Crippen molar-refractivity contribution in [3.8, 4) is 22.8 Å². The van der Waals surface area contributed by atoms with Gasteiger partial charge in [0.25, 0.3) is 0 Å². The minimum atomic E-state index is -0.485. The molecule has 0 aliphatic carbocycles. The number of methoxy groups -OCH3 is 1. The Bertz CT molecular complexity index is 1260. The standard InChI is InChI=1S/C27H30N4O5/c1-28-27(33)36-12-11-35-19-5-3-17(4-6-19)23-14-25(21-8-7-20(34-2)13-24(21)30-23)31-15-18-9-10-29-26(32)22(18)16-31/h3-8,13-14,18,22H,9-12,15-16H2,1-2H3,(H,28,33)(H,29,32)/t18-,22+/m1/s1. The SMILES string of the molecule is CNC(=O)OCCOc1ccc(-c2cc(N3C[C@H]4CCNC(=O)[C@H]4C3)c3ccc(OC)cc3n2)cc1. The predicted molar refractivity (Wildman–Crippen MR) is 136 cm³/mol. The third kappa shape index (κ3) is 4.86. The van der Waals surface area contributed by atoms with Gasteiger partial charge in [-0.1, -0.05) is 0 Å². The number of pyridine rings is 1. The largest absolute Gasteiger partial charge is 0.497 e. The molecule has 2 saturated heterocycles. The van der Waals surface area contributed by atoms with E-state index in [-0.39, 0.29) is 25.0 Å². The highest BCUT2D eigenvalue weighted by Crippen LogP contribution is 2.38. The van der Waals surface area contributed by atoms with Gasteiger partial charge < -0.3 is 29.7 Å². The Kier molecular flexibility index (Phi) is 6.79. The molecule has 9 nitrogen and oxygen atoms in total. The zero-order chi connectivity index (χ0) is 25.1. The molecule has 2 N–H and O–H groups in total. The Morgan fingerprint density at radius 1 is 1.11 bits per heavy atom. The second-order valence-corrected chi connectivity index (χ2v) is 9.02. The van der Waals surface area contributed by atoms with E-state index in [1.165, 1.54) is 7.05 Å². The second kappa shape index (κ2) is 10.3. The monoisotopic (exact) mass is 490 g/mol. The number of aromatic nitrogens is 1. The van der Waals surface area contributed by atoms with Gasteiger partial charge in [0.1, 0.15) is 24.7 Å². The van der Waals surface area contributed by atoms with Crippen molar-refractivity contribution in [3.05, 3.63) is 48.5 Å². The average molecular weight is 491 g/mol. The van der Waals surface area contributed by atoms with E-state index in [9.17, 15) is 9.59 Å². The van der Waals surface area contributed by atoms with Crippen LogP contribution in [0.3, 0.4) is 0 Å². The molecule has 2 aliphatic rings. The first-order chi connectivity index (χ1) is 17.6. The van der Waals surface area contributed by atoms with Crippen LogP contribution in [0.2, 0.25) is 0 Å². The minimum Gasteiger partial charge on any atom is -0.497 e. The third-order valence-electron chi connectivity index (χ3n) is 6.87. The lowest BCUT2D eigenvalue weighted by Crippen LogP contribution is -2.41. The molecule has 1 aromatic heterocycles. The molecule has 5 rings (SSSR count). The second-order valence-electron chi connectivity index (χ2n) is 9.02. The van der Waals surface area contributed by atoms with Gasteiger partial charge in [0.2, 0.25) is 5.91 Å². The first kappa shape index (κ1) is 23.7. The summed E-state index contributed by atoms with van der Waals surface area (Å²) in [4.78, 5) is 30.9. The number of nitrogens with zero attached hydrogens (tertiary/aromatic N) is 2. The van der Waals surface area contributed by atoms with Gasteiger partial charge >= 0.3 is 6.09 Å². The number of carbonyl (C=O) groups is 2. The predicted octanol–water partition coefficient (Wildman–Crippen LogP) is 3.22. The zero-order valence-electron chi connectivity index (χ0n) is 20.5. The number of piperidine rings is 1. The minimum absolute atomic E-state index is 0.0208. The fourth-order valence-electron chi connectivity index (χ4n) is 4.98. The van der Waals surface area contributed by atoms with E-state index in [1.807, 2.05) is 42.5 Å². The summed E-state index contributed by atoms with van der Waals surface area (Å²) < 4.78 is 16.1. The molecule has 0 radical (unpaired) electrons. The normalized spacial score (nSPS) is 18.9. The molecule has 2 fully saturated rings. The highest BCUT2D eigenvalue weighted by Gasteiger charge is 2.40. The summed E-state index contributed by atoms with van der Waals surface area (Å²) in [5.74, 6) is 1.97. The van der Waals surface area contributed by atoms with Gasteiger partial charge in [0, 0.05) is 49.4 Å². The molecule has 188 valence electrons. The molecule has 2 aliphatic heterocycles. The van der Waals surface area contributed by atoms with E-state index >= 15 is 0 Å². The molecular formula is C27H30N4O5. The highest BCUT2D eigenvalue weighted by molar-refractivity contribution is 5.95. The summed E-state index contributed by atoms with van der Waals surface area (Å²) in [6, 6.07) is 15.7. The van der Waals surface area contributed by atoms with Crippen LogP contribution in [0.4, 0.5) is 10.5 Å². The van der Waals surface area contributed by atoms with Crippen LogP contribution in [-0.2, 0) is 9.53 Å². The van der Waals surface area contributed by atoms with E-state index < -0.39 is 6.09 Å². The number of ether oxygens (including phenoxy) is 3. The van der Waals surface area contributed by atoms with E-state index in [4.69, 9.17) is 19.2 Å². The molecule has 3 aromatic rings. The molecule has 2 atom stereocenters. The number of hydrogen-bond acceptors (Lipinski definition) is 7. The number of anilines is 1. The molecule has 9 heteroatoms. The number of rotatable bonds is 7. The lowest BCUT2D eigenvalue weighted by molar-refractivity contribution is -0.127. The average Bonchev–Trinajstić information content (AvgIpc) is 3.36. The van der Waals surface area contributed by atoms with E-state index in [1.54, 1.807) is 7.11 Å². The van der Waals surface area contributed by atoms with Crippen LogP contribution >= 0.6 is 0 Å². The first-order valence-electron chi connectivity index (χ1n) is 12.1. The maximum Gasteiger partial charge on any atom is 0.406 e. The fourth-order valence-corrected chi connectivity index (χ4v) is 4.98. The summed E-state index contributed by atoms with van der Waals surface area (Å²) in [5, 5.41) is 6.45. The quantitative estimate of drug-likeness (QED) is 0.491. The lowest BCUT2D eigenvalue weighted by atomic mass is 9.89. The first-order valence-corrected chi connectivity index (χ1v) is 12.1. The van der Waals surface area contributed by atoms with Gasteiger partial charge in [-0.3, -0.25) is 4.79 Å². The van der Waals surface area contributed by atoms with Crippen molar-refractivity contribution in [2.45, 2.75) is 6.42 Å². The van der Waals surface area contributed by atoms with Gasteiger partial charge in [0.05, 0.1) is 24.2 Å². The molecule has 0 bridgehead atoms. The van der Waals surface area contributed by atoms with Crippen LogP contribution in [0.1, 0.15) is 6.42 Å². The lowest BCUT2D eigenvalue weighted by Gasteiger charge is -2.23. The number of amides is 2. The van der Waals surface area contributed by atoms with Gasteiger partial charge in [0.15, 0.2) is 0 Å². The van der Waals surface area contributed by atoms with E-state index in [2.05, 4.69) is 21.6 Å². The topological polar surface area (TPSA) is 102 Å². The maximum atomic E-state index is 12.5. The number of benzene rings is 2. The van der Waals surface area contributed by atoms with Gasteiger partial charge in [-0.15, -0.1) is 0 Å². The van der Waals surface area contributed by atoms with Crippen molar-refractivity contribution in [3.63, 3.8) is 0 Å². The summed E-state index contributed by atoms with van der Waals surface area (Å²) >= 11 is 0. The number of nitrogens with one attached hydrogen (secondary N) is 2. The van der Waals surface area contributed by atoms with Crippen LogP contribution in [-0.4, -0.2) is 64.0 Å². The molecule has 0 unspecified atom stereocenters. The summed E-state index contributed by atoms with van der Waals surface area (Å²) in [7, 11) is 3.16.